The molecular weight excluding hydrogens is 382 g/mol. The van der Waals surface area contributed by atoms with Crippen LogP contribution in [0.2, 0.25) is 0 Å². The maximum atomic E-state index is 13.2. The third kappa shape index (κ3) is 4.27. The van der Waals surface area contributed by atoms with Gasteiger partial charge >= 0.3 is 11.9 Å². The molecule has 6 heteroatoms. The SMILES string of the molecule is CCOC(=O)/C(=C/[C@@H](c1ccc(C)cc1)[C@@H]1C(=O)N(C)c2ccccc21)OC(C)=O. The molecule has 1 heterocycles. The highest BCUT2D eigenvalue weighted by molar-refractivity contribution is 6.05. The minimum absolute atomic E-state index is 0.0935. The summed E-state index contributed by atoms with van der Waals surface area (Å²) in [6.07, 6.45) is 1.53. The fourth-order valence-corrected chi connectivity index (χ4v) is 3.70. The molecule has 0 aromatic heterocycles. The van der Waals surface area contributed by atoms with Gasteiger partial charge in [-0.3, -0.25) is 9.59 Å². The second-order valence-electron chi connectivity index (χ2n) is 7.22. The van der Waals surface area contributed by atoms with Crippen molar-refractivity contribution in [3.8, 4) is 0 Å². The summed E-state index contributed by atoms with van der Waals surface area (Å²) < 4.78 is 10.2. The zero-order chi connectivity index (χ0) is 21.8. The molecule has 0 bridgehead atoms. The number of ether oxygens (including phenoxy) is 2. The molecule has 0 unspecified atom stereocenters. The van der Waals surface area contributed by atoms with E-state index < -0.39 is 23.8 Å². The Morgan fingerprint density at radius 2 is 1.80 bits per heavy atom. The van der Waals surface area contributed by atoms with E-state index in [1.165, 1.54) is 13.0 Å². The Labute approximate surface area is 176 Å². The molecule has 1 aliphatic heterocycles. The van der Waals surface area contributed by atoms with E-state index in [0.717, 1.165) is 22.4 Å². The first-order valence-electron chi connectivity index (χ1n) is 9.84. The standard InChI is InChI=1S/C24H25NO5/c1-5-29-24(28)21(30-16(3)26)14-19(17-12-10-15(2)11-13-17)22-18-8-6-7-9-20(18)25(4)23(22)27/h6-14,19,22H,5H2,1-4H3/b21-14-/t19-,22+/m0/s1. The molecule has 0 fully saturated rings. The van der Waals surface area contributed by atoms with E-state index >= 15 is 0 Å². The second kappa shape index (κ2) is 8.95. The lowest BCUT2D eigenvalue weighted by atomic mass is 9.81. The lowest BCUT2D eigenvalue weighted by molar-refractivity contribution is -0.150. The van der Waals surface area contributed by atoms with Crippen LogP contribution in [0.4, 0.5) is 5.69 Å². The zero-order valence-electron chi connectivity index (χ0n) is 17.5. The highest BCUT2D eigenvalue weighted by Crippen LogP contribution is 2.45. The van der Waals surface area contributed by atoms with Gasteiger partial charge in [0.05, 0.1) is 12.5 Å². The normalized spacial score (nSPS) is 16.8. The number of allylic oxidation sites excluding steroid dienone is 1. The summed E-state index contributed by atoms with van der Waals surface area (Å²) in [6, 6.07) is 15.3. The molecule has 3 rings (SSSR count). The summed E-state index contributed by atoms with van der Waals surface area (Å²) in [7, 11) is 1.73. The van der Waals surface area contributed by atoms with Crippen LogP contribution in [0, 0.1) is 6.92 Å². The van der Waals surface area contributed by atoms with Gasteiger partial charge in [0.2, 0.25) is 11.7 Å². The topological polar surface area (TPSA) is 72.9 Å². The average molecular weight is 407 g/mol. The van der Waals surface area contributed by atoms with Crippen molar-refractivity contribution in [3.63, 3.8) is 0 Å². The smallest absolute Gasteiger partial charge is 0.374 e. The van der Waals surface area contributed by atoms with Crippen LogP contribution in [-0.4, -0.2) is 31.5 Å². The Hall–Kier alpha value is -3.41. The van der Waals surface area contributed by atoms with Crippen LogP contribution >= 0.6 is 0 Å². The molecule has 156 valence electrons. The van der Waals surface area contributed by atoms with E-state index in [0.29, 0.717) is 0 Å². The van der Waals surface area contributed by atoms with Crippen molar-refractivity contribution in [3.05, 3.63) is 77.1 Å². The van der Waals surface area contributed by atoms with Gasteiger partial charge in [0.25, 0.3) is 0 Å². The molecule has 0 spiro atoms. The quantitative estimate of drug-likeness (QED) is 0.413. The molecule has 0 radical (unpaired) electrons. The first-order valence-corrected chi connectivity index (χ1v) is 9.84. The molecule has 30 heavy (non-hydrogen) atoms. The highest BCUT2D eigenvalue weighted by Gasteiger charge is 2.40. The summed E-state index contributed by atoms with van der Waals surface area (Å²) >= 11 is 0. The summed E-state index contributed by atoms with van der Waals surface area (Å²) in [6.45, 7) is 5.01. The number of hydrogen-bond acceptors (Lipinski definition) is 5. The number of rotatable bonds is 6. The largest absolute Gasteiger partial charge is 0.460 e. The molecule has 6 nitrogen and oxygen atoms in total. The Bertz CT molecular complexity index is 993. The molecular formula is C24H25NO5. The van der Waals surface area contributed by atoms with Gasteiger partial charge in [-0.2, -0.15) is 0 Å². The van der Waals surface area contributed by atoms with Crippen LogP contribution in [0.5, 0.6) is 0 Å². The zero-order valence-corrected chi connectivity index (χ0v) is 17.5. The van der Waals surface area contributed by atoms with Crippen LogP contribution in [0.15, 0.2) is 60.4 Å². The van der Waals surface area contributed by atoms with Gasteiger partial charge in [-0.15, -0.1) is 0 Å². The molecule has 0 saturated carbocycles. The van der Waals surface area contributed by atoms with Crippen LogP contribution in [-0.2, 0) is 23.9 Å². The number of fused-ring (bicyclic) bond motifs is 1. The fourth-order valence-electron chi connectivity index (χ4n) is 3.70. The van der Waals surface area contributed by atoms with Gasteiger partial charge in [0, 0.05) is 25.6 Å². The Kier molecular flexibility index (Phi) is 6.35. The predicted octanol–water partition coefficient (Wildman–Crippen LogP) is 3.85. The van der Waals surface area contributed by atoms with Gasteiger partial charge in [-0.1, -0.05) is 48.0 Å². The molecule has 2 aromatic rings. The fraction of sp³-hybridized carbons (Fsp3) is 0.292. The molecule has 1 amide bonds. The number of aryl methyl sites for hydroxylation is 1. The summed E-state index contributed by atoms with van der Waals surface area (Å²) in [5.41, 5.74) is 3.58. The Balaban J connectivity index is 2.16. The number of benzene rings is 2. The van der Waals surface area contributed by atoms with Crippen LogP contribution in [0.3, 0.4) is 0 Å². The third-order valence-corrected chi connectivity index (χ3v) is 5.11. The van der Waals surface area contributed by atoms with Crippen molar-refractivity contribution < 1.29 is 23.9 Å². The van der Waals surface area contributed by atoms with Gasteiger partial charge in [0.15, 0.2) is 0 Å². The summed E-state index contributed by atoms with van der Waals surface area (Å²) in [5, 5.41) is 0. The minimum atomic E-state index is -0.739. The van der Waals surface area contributed by atoms with Crippen molar-refractivity contribution >= 4 is 23.5 Å². The van der Waals surface area contributed by atoms with Crippen LogP contribution in [0.25, 0.3) is 0 Å². The van der Waals surface area contributed by atoms with E-state index in [4.69, 9.17) is 9.47 Å². The molecule has 0 saturated heterocycles. The van der Waals surface area contributed by atoms with E-state index in [1.807, 2.05) is 55.5 Å². The summed E-state index contributed by atoms with van der Waals surface area (Å²) in [5.74, 6) is -2.76. The first kappa shape index (κ1) is 21.3. The Morgan fingerprint density at radius 3 is 2.43 bits per heavy atom. The van der Waals surface area contributed by atoms with Gasteiger partial charge in [0.1, 0.15) is 0 Å². The van der Waals surface area contributed by atoms with E-state index in [9.17, 15) is 14.4 Å². The van der Waals surface area contributed by atoms with E-state index in [1.54, 1.807) is 18.9 Å². The van der Waals surface area contributed by atoms with E-state index in [-0.39, 0.29) is 18.3 Å². The maximum absolute atomic E-state index is 13.2. The molecule has 0 N–H and O–H groups in total. The number of nitrogens with zero attached hydrogens (tertiary/aromatic N) is 1. The lowest BCUT2D eigenvalue weighted by Gasteiger charge is -2.22. The van der Waals surface area contributed by atoms with Crippen molar-refractivity contribution in [2.24, 2.45) is 0 Å². The molecule has 1 aliphatic rings. The number of carbonyl (C=O) groups excluding carboxylic acids is 3. The molecule has 0 aliphatic carbocycles. The number of amides is 1. The number of carbonyl (C=O) groups is 3. The number of para-hydroxylation sites is 1. The van der Waals surface area contributed by atoms with Crippen LogP contribution < -0.4 is 4.90 Å². The maximum Gasteiger partial charge on any atom is 0.374 e. The number of anilines is 1. The average Bonchev–Trinajstić information content (AvgIpc) is 2.97. The van der Waals surface area contributed by atoms with E-state index in [2.05, 4.69) is 0 Å². The van der Waals surface area contributed by atoms with Gasteiger partial charge < -0.3 is 14.4 Å². The van der Waals surface area contributed by atoms with Crippen molar-refractivity contribution in [1.82, 2.24) is 0 Å². The number of esters is 2. The highest BCUT2D eigenvalue weighted by atomic mass is 16.6. The van der Waals surface area contributed by atoms with Crippen molar-refractivity contribution in [2.75, 3.05) is 18.6 Å². The number of likely N-dealkylation sites (N-methyl/N-ethyl adjacent to an activating group) is 1. The third-order valence-electron chi connectivity index (χ3n) is 5.11. The second-order valence-corrected chi connectivity index (χ2v) is 7.22. The minimum Gasteiger partial charge on any atom is -0.460 e. The van der Waals surface area contributed by atoms with Gasteiger partial charge in [-0.25, -0.2) is 4.79 Å². The molecule has 2 aromatic carbocycles. The Morgan fingerprint density at radius 1 is 1.13 bits per heavy atom. The van der Waals surface area contributed by atoms with Crippen molar-refractivity contribution in [1.29, 1.82) is 0 Å². The molecule has 2 atom stereocenters. The first-order chi connectivity index (χ1) is 14.3. The van der Waals surface area contributed by atoms with Crippen LogP contribution in [0.1, 0.15) is 42.4 Å². The van der Waals surface area contributed by atoms with Crippen molar-refractivity contribution in [2.45, 2.75) is 32.6 Å². The monoisotopic (exact) mass is 407 g/mol. The number of hydrogen-bond donors (Lipinski definition) is 0. The predicted molar refractivity (Wildman–Crippen MR) is 113 cm³/mol. The van der Waals surface area contributed by atoms with Gasteiger partial charge in [-0.05, 0) is 37.1 Å². The summed E-state index contributed by atoms with van der Waals surface area (Å²) in [4.78, 5) is 38.9. The lowest BCUT2D eigenvalue weighted by Crippen LogP contribution is -2.27.